The van der Waals surface area contributed by atoms with Crippen molar-refractivity contribution < 1.29 is 0 Å². The first-order chi connectivity index (χ1) is 8.78. The van der Waals surface area contributed by atoms with Crippen molar-refractivity contribution in [1.29, 1.82) is 0 Å². The number of benzene rings is 1. The van der Waals surface area contributed by atoms with E-state index in [0.717, 1.165) is 35.6 Å². The van der Waals surface area contributed by atoms with Gasteiger partial charge in [-0.25, -0.2) is 4.98 Å². The Labute approximate surface area is 112 Å². The summed E-state index contributed by atoms with van der Waals surface area (Å²) in [6.45, 7) is 4.25. The number of nitrogens with one attached hydrogen (secondary N) is 1. The van der Waals surface area contributed by atoms with E-state index in [1.807, 2.05) is 18.2 Å². The van der Waals surface area contributed by atoms with E-state index in [4.69, 9.17) is 16.6 Å². The fourth-order valence-corrected chi connectivity index (χ4v) is 2.97. The molecule has 0 amide bonds. The molecule has 1 aromatic carbocycles. The molecule has 1 atom stereocenters. The van der Waals surface area contributed by atoms with Gasteiger partial charge in [0.05, 0.1) is 11.0 Å². The highest BCUT2D eigenvalue weighted by molar-refractivity contribution is 6.31. The first-order valence-electron chi connectivity index (χ1n) is 6.66. The Morgan fingerprint density at radius 3 is 3.11 bits per heavy atom. The van der Waals surface area contributed by atoms with Gasteiger partial charge >= 0.3 is 0 Å². The Morgan fingerprint density at radius 1 is 1.50 bits per heavy atom. The summed E-state index contributed by atoms with van der Waals surface area (Å²) in [4.78, 5) is 4.75. The van der Waals surface area contributed by atoms with Crippen LogP contribution in [0.5, 0.6) is 0 Å². The Hall–Kier alpha value is -1.06. The van der Waals surface area contributed by atoms with Gasteiger partial charge in [0.1, 0.15) is 5.82 Å². The highest BCUT2D eigenvalue weighted by atomic mass is 35.5. The highest BCUT2D eigenvalue weighted by Crippen LogP contribution is 2.22. The smallest absolute Gasteiger partial charge is 0.111 e. The number of nitrogens with zero attached hydrogens (tertiary/aromatic N) is 2. The van der Waals surface area contributed by atoms with Gasteiger partial charge in [0, 0.05) is 24.0 Å². The van der Waals surface area contributed by atoms with Crippen molar-refractivity contribution in [1.82, 2.24) is 14.9 Å². The normalized spacial score (nSPS) is 19.8. The van der Waals surface area contributed by atoms with Crippen LogP contribution in [0.25, 0.3) is 11.0 Å². The molecule has 0 aliphatic carbocycles. The van der Waals surface area contributed by atoms with E-state index in [2.05, 4.69) is 16.8 Å². The SMILES string of the molecule is CCn1c(CC2CCCN2)nc2ccc(Cl)cc21. The molecule has 1 aromatic heterocycles. The second kappa shape index (κ2) is 4.90. The Morgan fingerprint density at radius 2 is 2.39 bits per heavy atom. The molecule has 1 N–H and O–H groups in total. The number of fused-ring (bicyclic) bond motifs is 1. The van der Waals surface area contributed by atoms with Crippen molar-refractivity contribution >= 4 is 22.6 Å². The third-order valence-corrected chi connectivity index (χ3v) is 3.93. The van der Waals surface area contributed by atoms with Crippen LogP contribution in [-0.2, 0) is 13.0 Å². The summed E-state index contributed by atoms with van der Waals surface area (Å²) in [5.41, 5.74) is 2.20. The summed E-state index contributed by atoms with van der Waals surface area (Å²) in [7, 11) is 0. The topological polar surface area (TPSA) is 29.9 Å². The molecule has 1 aliphatic rings. The van der Waals surface area contributed by atoms with Crippen LogP contribution in [0.15, 0.2) is 18.2 Å². The molecular weight excluding hydrogens is 246 g/mol. The summed E-state index contributed by atoms with van der Waals surface area (Å²) in [5, 5.41) is 4.31. The van der Waals surface area contributed by atoms with Crippen LogP contribution >= 0.6 is 11.6 Å². The monoisotopic (exact) mass is 263 g/mol. The first kappa shape index (κ1) is 12.0. The van der Waals surface area contributed by atoms with Crippen LogP contribution in [0.2, 0.25) is 5.02 Å². The predicted octanol–water partition coefficient (Wildman–Crippen LogP) is 3.00. The minimum atomic E-state index is 0.586. The lowest BCUT2D eigenvalue weighted by atomic mass is 10.1. The van der Waals surface area contributed by atoms with Gasteiger partial charge in [-0.3, -0.25) is 0 Å². The van der Waals surface area contributed by atoms with Crippen LogP contribution in [0.1, 0.15) is 25.6 Å². The molecule has 0 radical (unpaired) electrons. The third kappa shape index (κ3) is 2.13. The lowest BCUT2D eigenvalue weighted by Gasteiger charge is -2.11. The number of aromatic nitrogens is 2. The van der Waals surface area contributed by atoms with Gasteiger partial charge < -0.3 is 9.88 Å². The molecule has 3 rings (SSSR count). The number of imidazole rings is 1. The number of hydrogen-bond acceptors (Lipinski definition) is 2. The molecule has 0 bridgehead atoms. The van der Waals surface area contributed by atoms with E-state index >= 15 is 0 Å². The average molecular weight is 264 g/mol. The quantitative estimate of drug-likeness (QED) is 0.923. The molecule has 3 nitrogen and oxygen atoms in total. The number of hydrogen-bond donors (Lipinski definition) is 1. The molecule has 1 saturated heterocycles. The summed E-state index contributed by atoms with van der Waals surface area (Å²) in [5.74, 6) is 1.18. The van der Waals surface area contributed by atoms with E-state index in [9.17, 15) is 0 Å². The predicted molar refractivity (Wildman–Crippen MR) is 75.1 cm³/mol. The zero-order valence-electron chi connectivity index (χ0n) is 10.6. The van der Waals surface area contributed by atoms with Crippen molar-refractivity contribution in [3.8, 4) is 0 Å². The third-order valence-electron chi connectivity index (χ3n) is 3.70. The van der Waals surface area contributed by atoms with Gasteiger partial charge in [-0.15, -0.1) is 0 Å². The Bertz CT molecular complexity index is 555. The van der Waals surface area contributed by atoms with Crippen molar-refractivity contribution in [2.75, 3.05) is 6.54 Å². The largest absolute Gasteiger partial charge is 0.328 e. The molecule has 18 heavy (non-hydrogen) atoms. The standard InChI is InChI=1S/C14H18ClN3/c1-2-18-13-8-10(15)5-6-12(13)17-14(18)9-11-4-3-7-16-11/h5-6,8,11,16H,2-4,7,9H2,1H3. The van der Waals surface area contributed by atoms with E-state index < -0.39 is 0 Å². The van der Waals surface area contributed by atoms with Gasteiger partial charge in [-0.1, -0.05) is 11.6 Å². The maximum atomic E-state index is 6.07. The summed E-state index contributed by atoms with van der Waals surface area (Å²) >= 11 is 6.07. The van der Waals surface area contributed by atoms with Crippen molar-refractivity contribution in [2.24, 2.45) is 0 Å². The molecule has 1 fully saturated rings. The van der Waals surface area contributed by atoms with E-state index in [1.54, 1.807) is 0 Å². The van der Waals surface area contributed by atoms with Crippen LogP contribution in [0.4, 0.5) is 0 Å². The van der Waals surface area contributed by atoms with Crippen molar-refractivity contribution in [2.45, 2.75) is 38.8 Å². The number of rotatable bonds is 3. The lowest BCUT2D eigenvalue weighted by Crippen LogP contribution is -2.25. The minimum Gasteiger partial charge on any atom is -0.328 e. The number of aryl methyl sites for hydroxylation is 1. The molecule has 2 heterocycles. The van der Waals surface area contributed by atoms with Crippen molar-refractivity contribution in [3.05, 3.63) is 29.0 Å². The molecule has 0 saturated carbocycles. The summed E-state index contributed by atoms with van der Waals surface area (Å²) in [6, 6.07) is 6.52. The summed E-state index contributed by atoms with van der Waals surface area (Å²) in [6.07, 6.45) is 3.55. The highest BCUT2D eigenvalue weighted by Gasteiger charge is 2.18. The van der Waals surface area contributed by atoms with Gasteiger partial charge in [-0.2, -0.15) is 0 Å². The molecule has 1 aliphatic heterocycles. The van der Waals surface area contributed by atoms with Crippen LogP contribution in [-0.4, -0.2) is 22.1 Å². The van der Waals surface area contributed by atoms with E-state index in [1.165, 1.54) is 18.7 Å². The second-order valence-electron chi connectivity index (χ2n) is 4.90. The van der Waals surface area contributed by atoms with Crippen LogP contribution < -0.4 is 5.32 Å². The maximum Gasteiger partial charge on any atom is 0.111 e. The molecule has 2 aromatic rings. The van der Waals surface area contributed by atoms with Gasteiger partial charge in [0.15, 0.2) is 0 Å². The number of halogens is 1. The molecule has 96 valence electrons. The average Bonchev–Trinajstić information content (AvgIpc) is 2.96. The van der Waals surface area contributed by atoms with Gasteiger partial charge in [-0.05, 0) is 44.5 Å². The Kier molecular flexibility index (Phi) is 3.27. The zero-order valence-corrected chi connectivity index (χ0v) is 11.4. The van der Waals surface area contributed by atoms with Crippen LogP contribution in [0.3, 0.4) is 0 Å². The molecule has 4 heteroatoms. The minimum absolute atomic E-state index is 0.586. The molecule has 1 unspecified atom stereocenters. The fraction of sp³-hybridized carbons (Fsp3) is 0.500. The second-order valence-corrected chi connectivity index (χ2v) is 5.34. The first-order valence-corrected chi connectivity index (χ1v) is 7.04. The zero-order chi connectivity index (χ0) is 12.5. The Balaban J connectivity index is 1.99. The van der Waals surface area contributed by atoms with Crippen LogP contribution in [0, 0.1) is 0 Å². The van der Waals surface area contributed by atoms with E-state index in [-0.39, 0.29) is 0 Å². The fourth-order valence-electron chi connectivity index (χ4n) is 2.81. The van der Waals surface area contributed by atoms with Crippen molar-refractivity contribution in [3.63, 3.8) is 0 Å². The summed E-state index contributed by atoms with van der Waals surface area (Å²) < 4.78 is 2.28. The van der Waals surface area contributed by atoms with Gasteiger partial charge in [0.2, 0.25) is 0 Å². The van der Waals surface area contributed by atoms with Gasteiger partial charge in [0.25, 0.3) is 0 Å². The molecule has 0 spiro atoms. The maximum absolute atomic E-state index is 6.07. The molecular formula is C14H18ClN3. The van der Waals surface area contributed by atoms with E-state index in [0.29, 0.717) is 6.04 Å². The lowest BCUT2D eigenvalue weighted by molar-refractivity contribution is 0.565.